The summed E-state index contributed by atoms with van der Waals surface area (Å²) in [5, 5.41) is 2.80. The first kappa shape index (κ1) is 20.4. The molecule has 2 rings (SSSR count). The maximum atomic E-state index is 12.8. The number of nitrogens with one attached hydrogen (secondary N) is 1. The van der Waals surface area contributed by atoms with E-state index in [1.807, 2.05) is 19.0 Å². The predicted octanol–water partition coefficient (Wildman–Crippen LogP) is 1.31. The Labute approximate surface area is 157 Å². The second-order valence-corrected chi connectivity index (χ2v) is 8.56. The van der Waals surface area contributed by atoms with Gasteiger partial charge in [-0.1, -0.05) is 23.2 Å². The van der Waals surface area contributed by atoms with E-state index in [1.165, 1.54) is 16.4 Å². The van der Waals surface area contributed by atoms with E-state index in [4.69, 9.17) is 27.9 Å². The fourth-order valence-electron chi connectivity index (χ4n) is 2.32. The Morgan fingerprint density at radius 3 is 2.48 bits per heavy atom. The largest absolute Gasteiger partial charge is 0.379 e. The molecule has 0 atom stereocenters. The van der Waals surface area contributed by atoms with Crippen molar-refractivity contribution in [2.24, 2.45) is 0 Å². The molecule has 1 fully saturated rings. The van der Waals surface area contributed by atoms with Crippen LogP contribution in [0, 0.1) is 0 Å². The highest BCUT2D eigenvalue weighted by Crippen LogP contribution is 2.31. The molecule has 1 aromatic rings. The highest BCUT2D eigenvalue weighted by atomic mass is 35.5. The average molecular weight is 410 g/mol. The topological polar surface area (TPSA) is 79.0 Å². The monoisotopic (exact) mass is 409 g/mol. The highest BCUT2D eigenvalue weighted by molar-refractivity contribution is 7.89. The molecule has 1 heterocycles. The van der Waals surface area contributed by atoms with Crippen molar-refractivity contribution in [1.29, 1.82) is 0 Å². The molecule has 0 bridgehead atoms. The molecule has 10 heteroatoms. The Morgan fingerprint density at radius 2 is 1.88 bits per heavy atom. The lowest BCUT2D eigenvalue weighted by Gasteiger charge is -2.26. The van der Waals surface area contributed by atoms with E-state index in [0.29, 0.717) is 26.3 Å². The number of morpholine rings is 1. The first-order valence-electron chi connectivity index (χ1n) is 7.73. The number of carbonyl (C=O) groups excluding carboxylic acids is 1. The van der Waals surface area contributed by atoms with E-state index >= 15 is 0 Å². The Bertz CT molecular complexity index is 735. The number of hydrogen-bond donors (Lipinski definition) is 1. The first-order valence-corrected chi connectivity index (χ1v) is 9.93. The molecule has 1 aliphatic rings. The summed E-state index contributed by atoms with van der Waals surface area (Å²) in [4.78, 5) is 14.1. The Balaban J connectivity index is 2.29. The fourth-order valence-corrected chi connectivity index (χ4v) is 4.56. The molecule has 0 unspecified atom stereocenters. The van der Waals surface area contributed by atoms with Gasteiger partial charge in [-0.2, -0.15) is 4.31 Å². The molecule has 140 valence electrons. The van der Waals surface area contributed by atoms with Gasteiger partial charge in [0, 0.05) is 26.2 Å². The van der Waals surface area contributed by atoms with Crippen molar-refractivity contribution < 1.29 is 17.9 Å². The lowest BCUT2D eigenvalue weighted by Crippen LogP contribution is -2.40. The zero-order valence-corrected chi connectivity index (χ0v) is 16.4. The lowest BCUT2D eigenvalue weighted by atomic mass is 10.2. The van der Waals surface area contributed by atoms with Crippen LogP contribution < -0.4 is 5.32 Å². The van der Waals surface area contributed by atoms with Crippen molar-refractivity contribution in [1.82, 2.24) is 14.5 Å². The van der Waals surface area contributed by atoms with Gasteiger partial charge in [0.15, 0.2) is 0 Å². The van der Waals surface area contributed by atoms with Gasteiger partial charge in [-0.3, -0.25) is 4.79 Å². The molecular formula is C15H21Cl2N3O4S. The van der Waals surface area contributed by atoms with Crippen molar-refractivity contribution in [2.45, 2.75) is 4.90 Å². The maximum absolute atomic E-state index is 12.8. The molecule has 1 N–H and O–H groups in total. The quantitative estimate of drug-likeness (QED) is 0.765. The van der Waals surface area contributed by atoms with Crippen LogP contribution in [0.3, 0.4) is 0 Å². The molecular weight excluding hydrogens is 389 g/mol. The summed E-state index contributed by atoms with van der Waals surface area (Å²) in [5.74, 6) is -0.443. The number of likely N-dealkylation sites (N-methyl/N-ethyl adjacent to an activating group) is 1. The van der Waals surface area contributed by atoms with Crippen LogP contribution in [-0.2, 0) is 14.8 Å². The molecule has 1 amide bonds. The van der Waals surface area contributed by atoms with Gasteiger partial charge in [0.25, 0.3) is 5.91 Å². The van der Waals surface area contributed by atoms with Crippen LogP contribution >= 0.6 is 23.2 Å². The van der Waals surface area contributed by atoms with Gasteiger partial charge < -0.3 is 15.0 Å². The average Bonchev–Trinajstić information content (AvgIpc) is 2.55. The third kappa shape index (κ3) is 5.06. The fraction of sp³-hybridized carbons (Fsp3) is 0.533. The van der Waals surface area contributed by atoms with Crippen molar-refractivity contribution in [3.8, 4) is 0 Å². The minimum atomic E-state index is -3.82. The van der Waals surface area contributed by atoms with Crippen LogP contribution in [0.15, 0.2) is 17.0 Å². The smallest absolute Gasteiger partial charge is 0.252 e. The van der Waals surface area contributed by atoms with Gasteiger partial charge in [-0.25, -0.2) is 8.42 Å². The van der Waals surface area contributed by atoms with Crippen LogP contribution in [0.5, 0.6) is 0 Å². The second kappa shape index (κ2) is 8.66. The number of benzene rings is 1. The van der Waals surface area contributed by atoms with Gasteiger partial charge >= 0.3 is 0 Å². The summed E-state index contributed by atoms with van der Waals surface area (Å²) in [6.45, 7) is 2.19. The van der Waals surface area contributed by atoms with Crippen molar-refractivity contribution in [2.75, 3.05) is 53.5 Å². The van der Waals surface area contributed by atoms with Gasteiger partial charge in [0.2, 0.25) is 10.0 Å². The SMILES string of the molecule is CN(C)CCNC(=O)c1cc(S(=O)(=O)N2CCOCC2)c(Cl)cc1Cl. The molecule has 0 radical (unpaired) electrons. The summed E-state index contributed by atoms with van der Waals surface area (Å²) in [6, 6.07) is 2.53. The molecule has 1 aromatic carbocycles. The number of rotatable bonds is 6. The van der Waals surface area contributed by atoms with Crippen LogP contribution in [0.25, 0.3) is 0 Å². The molecule has 25 heavy (non-hydrogen) atoms. The number of carbonyl (C=O) groups is 1. The minimum absolute atomic E-state index is 0.0127. The van der Waals surface area contributed by atoms with Gasteiger partial charge in [-0.05, 0) is 26.2 Å². The zero-order valence-electron chi connectivity index (χ0n) is 14.1. The number of ether oxygens (including phenoxy) is 1. The number of sulfonamides is 1. The molecule has 7 nitrogen and oxygen atoms in total. The molecule has 0 spiro atoms. The van der Waals surface area contributed by atoms with Gasteiger partial charge in [0.1, 0.15) is 4.90 Å². The van der Waals surface area contributed by atoms with E-state index in [0.717, 1.165) is 0 Å². The summed E-state index contributed by atoms with van der Waals surface area (Å²) >= 11 is 12.2. The molecule has 1 aliphatic heterocycles. The molecule has 1 saturated heterocycles. The van der Waals surface area contributed by atoms with E-state index in [1.54, 1.807) is 0 Å². The van der Waals surface area contributed by atoms with E-state index in [-0.39, 0.29) is 33.6 Å². The molecule has 0 aromatic heterocycles. The predicted molar refractivity (Wildman–Crippen MR) is 96.9 cm³/mol. The second-order valence-electron chi connectivity index (χ2n) is 5.84. The summed E-state index contributed by atoms with van der Waals surface area (Å²) in [6.07, 6.45) is 0. The Morgan fingerprint density at radius 1 is 1.24 bits per heavy atom. The van der Waals surface area contributed by atoms with E-state index in [2.05, 4.69) is 5.32 Å². The minimum Gasteiger partial charge on any atom is -0.379 e. The number of amides is 1. The van der Waals surface area contributed by atoms with Crippen LogP contribution in [-0.4, -0.2) is 77.0 Å². The summed E-state index contributed by atoms with van der Waals surface area (Å²) in [7, 11) is -0.0582. The number of nitrogens with zero attached hydrogens (tertiary/aromatic N) is 2. The van der Waals surface area contributed by atoms with Crippen LogP contribution in [0.4, 0.5) is 0 Å². The lowest BCUT2D eigenvalue weighted by molar-refractivity contribution is 0.0730. The highest BCUT2D eigenvalue weighted by Gasteiger charge is 2.30. The summed E-state index contributed by atoms with van der Waals surface area (Å²) < 4.78 is 32.1. The standard InChI is InChI=1S/C15H21Cl2N3O4S/c1-19(2)4-3-18-15(21)11-9-14(13(17)10-12(11)16)25(22,23)20-5-7-24-8-6-20/h9-10H,3-8H2,1-2H3,(H,18,21). The van der Waals surface area contributed by atoms with Crippen LogP contribution in [0.2, 0.25) is 10.0 Å². The van der Waals surface area contributed by atoms with E-state index in [9.17, 15) is 13.2 Å². The van der Waals surface area contributed by atoms with Crippen molar-refractivity contribution in [3.63, 3.8) is 0 Å². The Hall–Kier alpha value is -0.900. The van der Waals surface area contributed by atoms with Crippen LogP contribution in [0.1, 0.15) is 10.4 Å². The first-order chi connectivity index (χ1) is 11.7. The molecule has 0 saturated carbocycles. The van der Waals surface area contributed by atoms with Crippen molar-refractivity contribution in [3.05, 3.63) is 27.7 Å². The maximum Gasteiger partial charge on any atom is 0.252 e. The van der Waals surface area contributed by atoms with Crippen molar-refractivity contribution >= 4 is 39.1 Å². The number of hydrogen-bond acceptors (Lipinski definition) is 5. The van der Waals surface area contributed by atoms with E-state index < -0.39 is 15.9 Å². The van der Waals surface area contributed by atoms with Gasteiger partial charge in [0.05, 0.1) is 28.8 Å². The molecule has 0 aliphatic carbocycles. The third-order valence-electron chi connectivity index (χ3n) is 3.70. The number of halogens is 2. The third-order valence-corrected chi connectivity index (χ3v) is 6.37. The zero-order chi connectivity index (χ0) is 18.6. The van der Waals surface area contributed by atoms with Gasteiger partial charge in [-0.15, -0.1) is 0 Å². The summed E-state index contributed by atoms with van der Waals surface area (Å²) in [5.41, 5.74) is 0.0802. The Kier molecular flexibility index (Phi) is 7.07. The normalized spacial score (nSPS) is 16.2.